The van der Waals surface area contributed by atoms with Crippen LogP contribution in [-0.4, -0.2) is 23.0 Å². The molecule has 5 rings (SSSR count). The first-order chi connectivity index (χ1) is 14.7. The number of carbonyl (C=O) groups is 2. The maximum absolute atomic E-state index is 12.6. The molecule has 0 aromatic heterocycles. The van der Waals surface area contributed by atoms with Gasteiger partial charge in [-0.1, -0.05) is 30.4 Å². The third-order valence-electron chi connectivity index (χ3n) is 6.18. The van der Waals surface area contributed by atoms with Gasteiger partial charge in [0.05, 0.1) is 29.7 Å². The topological polar surface area (TPSA) is 82.8 Å². The van der Waals surface area contributed by atoms with E-state index in [-0.39, 0.29) is 35.5 Å². The van der Waals surface area contributed by atoms with Crippen LogP contribution in [0.5, 0.6) is 5.75 Å². The summed E-state index contributed by atoms with van der Waals surface area (Å²) in [6.07, 6.45) is 6.57. The van der Waals surface area contributed by atoms with Crippen molar-refractivity contribution in [2.24, 2.45) is 28.8 Å². The number of fused-ring (bicyclic) bond motifs is 5. The Labute approximate surface area is 174 Å². The van der Waals surface area contributed by atoms with Gasteiger partial charge in [-0.2, -0.15) is 15.4 Å². The quantitative estimate of drug-likeness (QED) is 0.440. The van der Waals surface area contributed by atoms with Gasteiger partial charge in [-0.25, -0.2) is 0 Å². The van der Waals surface area contributed by atoms with Gasteiger partial charge in [0.1, 0.15) is 12.4 Å². The molecule has 6 nitrogen and oxygen atoms in total. The Hall–Kier alpha value is -3.72. The number of imide groups is 1. The lowest BCUT2D eigenvalue weighted by atomic mass is 9.85. The van der Waals surface area contributed by atoms with E-state index in [1.807, 2.05) is 30.3 Å². The fraction of sp³-hybridized carbons (Fsp3) is 0.250. The van der Waals surface area contributed by atoms with E-state index in [0.29, 0.717) is 17.9 Å². The molecule has 0 spiro atoms. The van der Waals surface area contributed by atoms with E-state index in [4.69, 9.17) is 10.00 Å². The van der Waals surface area contributed by atoms with E-state index >= 15 is 0 Å². The second-order valence-corrected chi connectivity index (χ2v) is 7.86. The first-order valence-electron chi connectivity index (χ1n) is 9.96. The second-order valence-electron chi connectivity index (χ2n) is 7.86. The number of carbonyl (C=O) groups excluding carboxylic acids is 2. The number of benzene rings is 2. The van der Waals surface area contributed by atoms with E-state index in [0.717, 1.165) is 22.6 Å². The fourth-order valence-electron chi connectivity index (χ4n) is 4.69. The molecule has 2 aromatic rings. The van der Waals surface area contributed by atoms with Crippen molar-refractivity contribution in [1.29, 1.82) is 5.26 Å². The molecule has 148 valence electrons. The molecule has 30 heavy (non-hydrogen) atoms. The van der Waals surface area contributed by atoms with Crippen molar-refractivity contribution in [3.63, 3.8) is 0 Å². The van der Waals surface area contributed by atoms with Crippen LogP contribution in [0.2, 0.25) is 0 Å². The van der Waals surface area contributed by atoms with Crippen LogP contribution in [0.15, 0.2) is 65.8 Å². The normalized spacial score (nSPS) is 26.4. The van der Waals surface area contributed by atoms with E-state index in [9.17, 15) is 9.59 Å². The number of hydrazone groups is 1. The van der Waals surface area contributed by atoms with Gasteiger partial charge in [0.2, 0.25) is 0 Å². The summed E-state index contributed by atoms with van der Waals surface area (Å²) in [7, 11) is 0. The highest BCUT2D eigenvalue weighted by Gasteiger charge is 2.59. The minimum atomic E-state index is -0.239. The monoisotopic (exact) mass is 397 g/mol. The minimum absolute atomic E-state index is 0.180. The van der Waals surface area contributed by atoms with Gasteiger partial charge < -0.3 is 4.74 Å². The van der Waals surface area contributed by atoms with Gasteiger partial charge in [-0.05, 0) is 54.2 Å². The Morgan fingerprint density at radius 3 is 2.37 bits per heavy atom. The van der Waals surface area contributed by atoms with Crippen molar-refractivity contribution < 1.29 is 14.3 Å². The van der Waals surface area contributed by atoms with Crippen LogP contribution in [-0.2, 0) is 16.2 Å². The number of ether oxygens (including phenoxy) is 1. The van der Waals surface area contributed by atoms with E-state index < -0.39 is 0 Å². The van der Waals surface area contributed by atoms with Gasteiger partial charge in [-0.3, -0.25) is 9.59 Å². The van der Waals surface area contributed by atoms with Crippen molar-refractivity contribution in [3.8, 4) is 11.8 Å². The first-order valence-corrected chi connectivity index (χ1v) is 9.96. The zero-order chi connectivity index (χ0) is 20.7. The third-order valence-corrected chi connectivity index (χ3v) is 6.18. The molecule has 0 radical (unpaired) electrons. The molecular formula is C24H19N3O3. The van der Waals surface area contributed by atoms with Crippen LogP contribution >= 0.6 is 0 Å². The summed E-state index contributed by atoms with van der Waals surface area (Å²) in [5, 5.41) is 14.4. The molecule has 2 fully saturated rings. The van der Waals surface area contributed by atoms with Crippen molar-refractivity contribution in [2.75, 3.05) is 0 Å². The summed E-state index contributed by atoms with van der Waals surface area (Å²) >= 11 is 0. The summed E-state index contributed by atoms with van der Waals surface area (Å²) in [5.74, 6) is 0.167. The smallest absolute Gasteiger partial charge is 0.254 e. The number of hydrogen-bond donors (Lipinski definition) is 0. The van der Waals surface area contributed by atoms with E-state index in [2.05, 4.69) is 23.3 Å². The molecule has 3 aliphatic rings. The van der Waals surface area contributed by atoms with Crippen molar-refractivity contribution in [1.82, 2.24) is 5.01 Å². The van der Waals surface area contributed by atoms with Gasteiger partial charge >= 0.3 is 0 Å². The highest BCUT2D eigenvalue weighted by atomic mass is 16.5. The second kappa shape index (κ2) is 7.27. The molecule has 0 N–H and O–H groups in total. The van der Waals surface area contributed by atoms with E-state index in [1.165, 1.54) is 6.21 Å². The summed E-state index contributed by atoms with van der Waals surface area (Å²) in [6.45, 7) is 0.299. The van der Waals surface area contributed by atoms with Gasteiger partial charge in [0.25, 0.3) is 11.8 Å². The van der Waals surface area contributed by atoms with Gasteiger partial charge in [0, 0.05) is 5.56 Å². The maximum Gasteiger partial charge on any atom is 0.254 e. The predicted molar refractivity (Wildman–Crippen MR) is 109 cm³/mol. The van der Waals surface area contributed by atoms with Crippen LogP contribution in [0.4, 0.5) is 0 Å². The lowest BCUT2D eigenvalue weighted by Gasteiger charge is -2.13. The average Bonchev–Trinajstić information content (AvgIpc) is 3.46. The molecule has 2 aromatic carbocycles. The van der Waals surface area contributed by atoms with E-state index in [1.54, 1.807) is 18.2 Å². The van der Waals surface area contributed by atoms with Gasteiger partial charge in [-0.15, -0.1) is 0 Å². The number of allylic oxidation sites excluding steroid dienone is 2. The Kier molecular flexibility index (Phi) is 4.44. The molecule has 2 aliphatic carbocycles. The molecule has 1 saturated carbocycles. The number of nitrogens with zero attached hydrogens (tertiary/aromatic N) is 3. The fourth-order valence-corrected chi connectivity index (χ4v) is 4.69. The van der Waals surface area contributed by atoms with Crippen LogP contribution in [0.1, 0.15) is 23.1 Å². The summed E-state index contributed by atoms with van der Waals surface area (Å²) in [6, 6.07) is 16.7. The molecule has 1 heterocycles. The largest absolute Gasteiger partial charge is 0.489 e. The number of nitriles is 1. The Morgan fingerprint density at radius 2 is 1.70 bits per heavy atom. The molecular weight excluding hydrogens is 378 g/mol. The van der Waals surface area contributed by atoms with Crippen LogP contribution in [0.3, 0.4) is 0 Å². The minimum Gasteiger partial charge on any atom is -0.489 e. The zero-order valence-corrected chi connectivity index (χ0v) is 16.1. The van der Waals surface area contributed by atoms with Crippen LogP contribution < -0.4 is 4.74 Å². The highest BCUT2D eigenvalue weighted by molar-refractivity contribution is 6.06. The summed E-state index contributed by atoms with van der Waals surface area (Å²) in [4.78, 5) is 25.3. The molecule has 1 saturated heterocycles. The Bertz CT molecular complexity index is 1080. The van der Waals surface area contributed by atoms with Crippen molar-refractivity contribution in [2.45, 2.75) is 13.0 Å². The lowest BCUT2D eigenvalue weighted by Crippen LogP contribution is -2.28. The molecule has 2 bridgehead atoms. The molecule has 4 atom stereocenters. The van der Waals surface area contributed by atoms with Crippen LogP contribution in [0.25, 0.3) is 0 Å². The van der Waals surface area contributed by atoms with Gasteiger partial charge in [0.15, 0.2) is 0 Å². The Morgan fingerprint density at radius 1 is 1.03 bits per heavy atom. The predicted octanol–water partition coefficient (Wildman–Crippen LogP) is 3.28. The molecule has 0 unspecified atom stereocenters. The van der Waals surface area contributed by atoms with Crippen molar-refractivity contribution >= 4 is 18.0 Å². The highest BCUT2D eigenvalue weighted by Crippen LogP contribution is 2.52. The number of amides is 2. The first kappa shape index (κ1) is 18.3. The standard InChI is InChI=1S/C24H19N3O3/c25-12-18-3-1-2-4-19(18)14-30-20-9-5-15(6-10-20)13-26-27-23(28)21-16-7-8-17(11-16)22(21)24(27)29/h1-10,13,16-17,21-22H,11,14H2/b26-13-/t16-,17+,21+,22-. The average molecular weight is 397 g/mol. The zero-order valence-electron chi connectivity index (χ0n) is 16.1. The number of rotatable bonds is 5. The van der Waals surface area contributed by atoms with Crippen molar-refractivity contribution in [3.05, 3.63) is 77.4 Å². The molecule has 2 amide bonds. The third kappa shape index (κ3) is 3.00. The molecule has 1 aliphatic heterocycles. The SMILES string of the molecule is N#Cc1ccccc1COc1ccc(/C=N\N2C(=O)[C@@H]3[C@H](C2=O)[C@H]2C=C[C@@H]3C2)cc1. The molecule has 6 heteroatoms. The Balaban J connectivity index is 1.23. The summed E-state index contributed by atoms with van der Waals surface area (Å²) < 4.78 is 5.76. The summed E-state index contributed by atoms with van der Waals surface area (Å²) in [5.41, 5.74) is 2.18. The lowest BCUT2D eigenvalue weighted by molar-refractivity contribution is -0.140. The number of hydrogen-bond acceptors (Lipinski definition) is 5. The van der Waals surface area contributed by atoms with Crippen LogP contribution in [0, 0.1) is 35.0 Å². The maximum atomic E-state index is 12.6.